The third-order valence-electron chi connectivity index (χ3n) is 7.04. The summed E-state index contributed by atoms with van der Waals surface area (Å²) in [6.45, 7) is 13.7. The van der Waals surface area contributed by atoms with Gasteiger partial charge < -0.3 is 20.8 Å². The smallest absolute Gasteiger partial charge is 0.195 e. The van der Waals surface area contributed by atoms with E-state index in [4.69, 9.17) is 0 Å². The normalized spacial score (nSPS) is 38.8. The molecule has 0 aromatic heterocycles. The van der Waals surface area contributed by atoms with E-state index in [2.05, 4.69) is 20.4 Å². The summed E-state index contributed by atoms with van der Waals surface area (Å²) in [6, 6.07) is 0. The molecule has 5 nitrogen and oxygen atoms in total. The van der Waals surface area contributed by atoms with Crippen molar-refractivity contribution >= 4 is 18.2 Å². The van der Waals surface area contributed by atoms with Crippen LogP contribution in [0.3, 0.4) is 0 Å². The van der Waals surface area contributed by atoms with Crippen molar-refractivity contribution in [1.29, 1.82) is 0 Å². The van der Waals surface area contributed by atoms with Crippen LogP contribution in [0, 0.1) is 34.5 Å². The Morgan fingerprint density at radius 1 is 1.27 bits per heavy atom. The third kappa shape index (κ3) is 3.74. The van der Waals surface area contributed by atoms with Crippen molar-refractivity contribution in [2.75, 3.05) is 0 Å². The van der Waals surface area contributed by atoms with E-state index in [-0.39, 0.29) is 46.8 Å². The fraction of sp³-hybridized carbons (Fsp3) is 0.850. The highest BCUT2D eigenvalue weighted by Crippen LogP contribution is 2.64. The topological polar surface area (TPSA) is 109 Å². The molecule has 2 rings (SSSR count). The van der Waals surface area contributed by atoms with Crippen molar-refractivity contribution in [3.05, 3.63) is 12.7 Å². The van der Waals surface area contributed by atoms with E-state index < -0.39 is 23.2 Å². The van der Waals surface area contributed by atoms with E-state index in [9.17, 15) is 20.1 Å². The van der Waals surface area contributed by atoms with Crippen LogP contribution in [0.1, 0.15) is 60.3 Å². The molecule has 154 valence electrons. The Morgan fingerprint density at radius 2 is 1.81 bits per heavy atom. The Balaban J connectivity index is 0.00000312. The highest BCUT2D eigenvalue weighted by molar-refractivity contribution is 5.85. The first-order valence-corrected chi connectivity index (χ1v) is 9.17. The summed E-state index contributed by atoms with van der Waals surface area (Å²) in [6.07, 6.45) is 2.95. The lowest BCUT2D eigenvalue weighted by molar-refractivity contribution is -0.356. The van der Waals surface area contributed by atoms with Crippen LogP contribution in [0.15, 0.2) is 12.7 Å². The zero-order valence-corrected chi connectivity index (χ0v) is 17.5. The lowest BCUT2D eigenvalue weighted by Crippen LogP contribution is -2.71. The second-order valence-corrected chi connectivity index (χ2v) is 9.19. The van der Waals surface area contributed by atoms with Gasteiger partial charge in [-0.05, 0) is 42.4 Å². The number of carbonyl (C=O) groups is 1. The molecule has 26 heavy (non-hydrogen) atoms. The molecule has 6 atom stereocenters. The number of halogens is 1. The molecule has 1 unspecified atom stereocenters. The van der Waals surface area contributed by atoms with Gasteiger partial charge in [0, 0.05) is 17.8 Å². The molecule has 0 amide bonds. The van der Waals surface area contributed by atoms with E-state index in [0.29, 0.717) is 12.8 Å². The van der Waals surface area contributed by atoms with E-state index in [1.807, 2.05) is 13.8 Å². The van der Waals surface area contributed by atoms with Gasteiger partial charge in [-0.1, -0.05) is 40.7 Å². The summed E-state index contributed by atoms with van der Waals surface area (Å²) in [7, 11) is 0. The van der Waals surface area contributed by atoms with Crippen LogP contribution in [-0.4, -0.2) is 38.5 Å². The molecule has 0 saturated heterocycles. The Morgan fingerprint density at radius 3 is 2.31 bits per heavy atom. The van der Waals surface area contributed by atoms with E-state index in [1.165, 1.54) is 0 Å². The minimum atomic E-state index is -2.25. The van der Waals surface area contributed by atoms with Gasteiger partial charge in [0.05, 0.1) is 0 Å². The fourth-order valence-corrected chi connectivity index (χ4v) is 5.71. The molecule has 2 fully saturated rings. The van der Waals surface area contributed by atoms with Crippen LogP contribution < -0.4 is 0 Å². The summed E-state index contributed by atoms with van der Waals surface area (Å²) < 4.78 is 0. The zero-order valence-electron chi connectivity index (χ0n) is 16.7. The van der Waals surface area contributed by atoms with Crippen LogP contribution in [0.5, 0.6) is 0 Å². The van der Waals surface area contributed by atoms with Gasteiger partial charge in [-0.25, -0.2) is 0 Å². The molecule has 6 heteroatoms. The van der Waals surface area contributed by atoms with Gasteiger partial charge in [0.15, 0.2) is 5.79 Å². The first-order valence-electron chi connectivity index (χ1n) is 9.17. The molecule has 0 bridgehead atoms. The standard InChI is InChI=1S/C20H34O4.ClH.H2O/c1-7-12(2)10-14(21)17-13(3)8-9-15-18(4,5)11-16(22)20(23,24)19(15,17)6;;/h7,12-13,15-17,22-24H,1,8-11H2,2-6H3;1H;1H2/t12-,13+,15+,16?,17-,19+;;/m1../s1. The maximum atomic E-state index is 13.1. The molecular weight excluding hydrogens is 356 g/mol. The van der Waals surface area contributed by atoms with Gasteiger partial charge in [0.25, 0.3) is 0 Å². The quantitative estimate of drug-likeness (QED) is 0.504. The number of rotatable bonds is 4. The molecule has 0 heterocycles. The lowest BCUT2D eigenvalue weighted by Gasteiger charge is -2.64. The van der Waals surface area contributed by atoms with Crippen molar-refractivity contribution in [1.82, 2.24) is 0 Å². The number of fused-ring (bicyclic) bond motifs is 1. The largest absolute Gasteiger partial charge is 0.412 e. The number of hydrogen-bond donors (Lipinski definition) is 3. The van der Waals surface area contributed by atoms with Gasteiger partial charge in [0.2, 0.25) is 0 Å². The first-order chi connectivity index (χ1) is 10.9. The molecule has 0 aromatic rings. The Kier molecular flexibility index (Phi) is 8.13. The van der Waals surface area contributed by atoms with Crippen LogP contribution in [0.25, 0.3) is 0 Å². The highest BCUT2D eigenvalue weighted by Gasteiger charge is 2.68. The third-order valence-corrected chi connectivity index (χ3v) is 7.04. The van der Waals surface area contributed by atoms with E-state index in [0.717, 1.165) is 12.8 Å². The zero-order chi connectivity index (χ0) is 18.5. The van der Waals surface area contributed by atoms with Crippen LogP contribution in [-0.2, 0) is 4.79 Å². The second-order valence-electron chi connectivity index (χ2n) is 9.19. The lowest BCUT2D eigenvalue weighted by atomic mass is 9.43. The van der Waals surface area contributed by atoms with Gasteiger partial charge >= 0.3 is 0 Å². The predicted octanol–water partition coefficient (Wildman–Crippen LogP) is 2.51. The van der Waals surface area contributed by atoms with Gasteiger partial charge in [-0.15, -0.1) is 19.0 Å². The summed E-state index contributed by atoms with van der Waals surface area (Å²) in [5.41, 5.74) is -1.30. The summed E-state index contributed by atoms with van der Waals surface area (Å²) in [5.74, 6) is -2.56. The minimum Gasteiger partial charge on any atom is -0.412 e. The van der Waals surface area contributed by atoms with E-state index in [1.54, 1.807) is 13.0 Å². The van der Waals surface area contributed by atoms with Crippen molar-refractivity contribution in [2.24, 2.45) is 34.5 Å². The molecule has 2 saturated carbocycles. The molecule has 0 aliphatic heterocycles. The number of allylic oxidation sites excluding steroid dienone is 1. The molecule has 0 spiro atoms. The number of Topliss-reactive ketones (excluding diaryl/α,β-unsaturated/α-hetero) is 1. The number of hydrogen-bond acceptors (Lipinski definition) is 4. The number of ketones is 1. The van der Waals surface area contributed by atoms with E-state index >= 15 is 0 Å². The summed E-state index contributed by atoms with van der Waals surface area (Å²) in [4.78, 5) is 13.1. The van der Waals surface area contributed by atoms with Crippen LogP contribution >= 0.6 is 12.4 Å². The molecule has 2 aliphatic carbocycles. The number of aliphatic hydroxyl groups excluding tert-OH is 1. The predicted molar refractivity (Wildman–Crippen MR) is 105 cm³/mol. The number of aliphatic hydroxyl groups is 3. The Hall–Kier alpha value is -0.460. The van der Waals surface area contributed by atoms with Gasteiger partial charge in [-0.2, -0.15) is 0 Å². The fourth-order valence-electron chi connectivity index (χ4n) is 5.71. The van der Waals surface area contributed by atoms with Crippen molar-refractivity contribution in [3.63, 3.8) is 0 Å². The maximum Gasteiger partial charge on any atom is 0.195 e. The first kappa shape index (κ1) is 25.5. The van der Waals surface area contributed by atoms with Crippen LogP contribution in [0.4, 0.5) is 0 Å². The van der Waals surface area contributed by atoms with Gasteiger partial charge in [0.1, 0.15) is 11.9 Å². The monoisotopic (exact) mass is 392 g/mol. The average molecular weight is 393 g/mol. The molecular formula is C20H37ClO5. The van der Waals surface area contributed by atoms with Crippen molar-refractivity contribution in [3.8, 4) is 0 Å². The molecule has 0 radical (unpaired) electrons. The molecule has 2 aliphatic rings. The van der Waals surface area contributed by atoms with Crippen molar-refractivity contribution in [2.45, 2.75) is 72.2 Å². The van der Waals surface area contributed by atoms with Gasteiger partial charge in [-0.3, -0.25) is 4.79 Å². The molecule has 5 N–H and O–H groups in total. The molecule has 0 aromatic carbocycles. The highest BCUT2D eigenvalue weighted by atomic mass is 35.5. The SMILES string of the molecule is C=C[C@@H](C)CC(=O)[C@H]1[C@@H](C)CC[C@H]2C(C)(C)CC(O)C(O)(O)[C@]12C.Cl.O. The summed E-state index contributed by atoms with van der Waals surface area (Å²) >= 11 is 0. The number of carbonyl (C=O) groups excluding carboxylic acids is 1. The maximum absolute atomic E-state index is 13.1. The van der Waals surface area contributed by atoms with Crippen molar-refractivity contribution < 1.29 is 25.6 Å². The Labute approximate surface area is 163 Å². The summed E-state index contributed by atoms with van der Waals surface area (Å²) in [5, 5.41) is 32.2. The second kappa shape index (κ2) is 8.27. The minimum absolute atomic E-state index is 0. The Bertz CT molecular complexity index is 518. The van der Waals surface area contributed by atoms with Crippen LogP contribution in [0.2, 0.25) is 0 Å². The average Bonchev–Trinajstić information content (AvgIpc) is 2.44.